The number of carbonyl (C=O) groups excluding carboxylic acids is 1. The zero-order valence-electron chi connectivity index (χ0n) is 13.3. The Hall–Kier alpha value is -2.58. The molecule has 3 rings (SSSR count). The zero-order chi connectivity index (χ0) is 17.8. The molecule has 2 N–H and O–H groups in total. The third-order valence-corrected chi connectivity index (χ3v) is 4.10. The number of aromatic amines is 1. The fourth-order valence-corrected chi connectivity index (χ4v) is 2.93. The summed E-state index contributed by atoms with van der Waals surface area (Å²) in [6, 6.07) is 6.44. The highest BCUT2D eigenvalue weighted by Crippen LogP contribution is 2.34. The zero-order valence-corrected chi connectivity index (χ0v) is 14.1. The standard InChI is InChI=1S/C16H17ClN4O4/c17-11-2-1-3-12(15(11)20-6-8-25-9-7-20)18-14(23)10-21-5-4-13(22)19-16(21)24/h1-5H,6-10H2,(H,18,23)(H,19,22,24). The van der Waals surface area contributed by atoms with E-state index in [2.05, 4.69) is 10.3 Å². The first-order valence-electron chi connectivity index (χ1n) is 7.75. The predicted molar refractivity (Wildman–Crippen MR) is 94.4 cm³/mol. The summed E-state index contributed by atoms with van der Waals surface area (Å²) in [6.07, 6.45) is 1.28. The summed E-state index contributed by atoms with van der Waals surface area (Å²) >= 11 is 6.32. The van der Waals surface area contributed by atoms with Crippen LogP contribution in [0.1, 0.15) is 0 Å². The molecule has 1 aromatic heterocycles. The highest BCUT2D eigenvalue weighted by atomic mass is 35.5. The molecule has 1 fully saturated rings. The Balaban J connectivity index is 1.80. The van der Waals surface area contributed by atoms with E-state index >= 15 is 0 Å². The Kier molecular flexibility index (Phi) is 5.20. The highest BCUT2D eigenvalue weighted by Gasteiger charge is 2.19. The van der Waals surface area contributed by atoms with Crippen LogP contribution in [0.25, 0.3) is 0 Å². The maximum absolute atomic E-state index is 12.3. The van der Waals surface area contributed by atoms with Crippen LogP contribution in [-0.4, -0.2) is 41.8 Å². The molecule has 132 valence electrons. The summed E-state index contributed by atoms with van der Waals surface area (Å²) in [5.74, 6) is -0.397. The molecular formula is C16H17ClN4O4. The average Bonchev–Trinajstić information content (AvgIpc) is 2.58. The van der Waals surface area contributed by atoms with Crippen molar-refractivity contribution in [1.29, 1.82) is 0 Å². The Morgan fingerprint density at radius 1 is 1.24 bits per heavy atom. The predicted octanol–water partition coefficient (Wildman–Crippen LogP) is 0.665. The monoisotopic (exact) mass is 364 g/mol. The molecule has 0 bridgehead atoms. The molecule has 2 aromatic rings. The molecule has 0 atom stereocenters. The molecule has 8 nitrogen and oxygen atoms in total. The van der Waals surface area contributed by atoms with Crippen LogP contribution in [0, 0.1) is 0 Å². The van der Waals surface area contributed by atoms with E-state index in [0.717, 1.165) is 10.3 Å². The molecule has 0 saturated carbocycles. The first-order valence-corrected chi connectivity index (χ1v) is 8.13. The van der Waals surface area contributed by atoms with Gasteiger partial charge < -0.3 is 15.0 Å². The summed E-state index contributed by atoms with van der Waals surface area (Å²) in [5.41, 5.74) is 0.153. The van der Waals surface area contributed by atoms with Gasteiger partial charge in [-0.15, -0.1) is 0 Å². The second-order valence-corrected chi connectivity index (χ2v) is 5.93. The third kappa shape index (κ3) is 4.09. The molecule has 1 aromatic carbocycles. The fraction of sp³-hybridized carbons (Fsp3) is 0.312. The molecule has 1 aliphatic rings. The van der Waals surface area contributed by atoms with Crippen molar-refractivity contribution in [2.24, 2.45) is 0 Å². The van der Waals surface area contributed by atoms with E-state index in [1.807, 2.05) is 4.90 Å². The number of aromatic nitrogens is 2. The largest absolute Gasteiger partial charge is 0.378 e. The second kappa shape index (κ2) is 7.54. The van der Waals surface area contributed by atoms with Crippen LogP contribution in [0.3, 0.4) is 0 Å². The number of rotatable bonds is 4. The maximum atomic E-state index is 12.3. The van der Waals surface area contributed by atoms with Gasteiger partial charge in [-0.3, -0.25) is 19.1 Å². The fourth-order valence-electron chi connectivity index (χ4n) is 2.64. The number of morpholine rings is 1. The Bertz CT molecular complexity index is 886. The van der Waals surface area contributed by atoms with Crippen molar-refractivity contribution in [1.82, 2.24) is 9.55 Å². The summed E-state index contributed by atoms with van der Waals surface area (Å²) < 4.78 is 6.47. The normalized spacial score (nSPS) is 14.4. The Morgan fingerprint density at radius 2 is 2.00 bits per heavy atom. The van der Waals surface area contributed by atoms with Gasteiger partial charge in [-0.05, 0) is 12.1 Å². The van der Waals surface area contributed by atoms with Crippen LogP contribution in [0.4, 0.5) is 11.4 Å². The number of carbonyl (C=O) groups is 1. The lowest BCUT2D eigenvalue weighted by atomic mass is 10.2. The van der Waals surface area contributed by atoms with Gasteiger partial charge in [-0.1, -0.05) is 17.7 Å². The summed E-state index contributed by atoms with van der Waals surface area (Å²) in [7, 11) is 0. The van der Waals surface area contributed by atoms with Crippen LogP contribution < -0.4 is 21.5 Å². The number of amides is 1. The number of H-pyrrole nitrogens is 1. The van der Waals surface area contributed by atoms with Crippen molar-refractivity contribution in [2.45, 2.75) is 6.54 Å². The minimum atomic E-state index is -0.637. The van der Waals surface area contributed by atoms with E-state index in [9.17, 15) is 14.4 Å². The lowest BCUT2D eigenvalue weighted by Crippen LogP contribution is -2.37. The van der Waals surface area contributed by atoms with Crippen LogP contribution in [-0.2, 0) is 16.1 Å². The molecule has 0 spiro atoms. The van der Waals surface area contributed by atoms with Gasteiger partial charge in [0, 0.05) is 25.4 Å². The van der Waals surface area contributed by atoms with Gasteiger partial charge in [0.25, 0.3) is 5.56 Å². The smallest absolute Gasteiger partial charge is 0.328 e. The van der Waals surface area contributed by atoms with Crippen LogP contribution in [0.5, 0.6) is 0 Å². The first kappa shape index (κ1) is 17.2. The van der Waals surface area contributed by atoms with Gasteiger partial charge in [0.05, 0.1) is 29.6 Å². The van der Waals surface area contributed by atoms with Crippen LogP contribution >= 0.6 is 11.6 Å². The van der Waals surface area contributed by atoms with Crippen molar-refractivity contribution in [3.63, 3.8) is 0 Å². The van der Waals surface area contributed by atoms with E-state index in [4.69, 9.17) is 16.3 Å². The number of nitrogens with zero attached hydrogens (tertiary/aromatic N) is 2. The minimum absolute atomic E-state index is 0.218. The topological polar surface area (TPSA) is 96.4 Å². The van der Waals surface area contributed by atoms with Gasteiger partial charge in [-0.25, -0.2) is 4.79 Å². The molecule has 9 heteroatoms. The Morgan fingerprint density at radius 3 is 2.72 bits per heavy atom. The molecule has 1 saturated heterocycles. The summed E-state index contributed by atoms with van der Waals surface area (Å²) in [4.78, 5) is 39.2. The number of anilines is 2. The van der Waals surface area contributed by atoms with Gasteiger partial charge in [-0.2, -0.15) is 0 Å². The van der Waals surface area contributed by atoms with Gasteiger partial charge in [0.15, 0.2) is 0 Å². The van der Waals surface area contributed by atoms with Crippen molar-refractivity contribution in [3.8, 4) is 0 Å². The molecule has 0 unspecified atom stereocenters. The van der Waals surface area contributed by atoms with Crippen molar-refractivity contribution < 1.29 is 9.53 Å². The van der Waals surface area contributed by atoms with Crippen LogP contribution in [0.15, 0.2) is 40.1 Å². The molecule has 0 aliphatic carbocycles. The third-order valence-electron chi connectivity index (χ3n) is 3.80. The number of nitrogens with one attached hydrogen (secondary N) is 2. The summed E-state index contributed by atoms with van der Waals surface area (Å²) in [5, 5.41) is 3.31. The van der Waals surface area contributed by atoms with E-state index in [1.54, 1.807) is 18.2 Å². The van der Waals surface area contributed by atoms with E-state index in [0.29, 0.717) is 37.0 Å². The molecule has 0 radical (unpaired) electrons. The highest BCUT2D eigenvalue weighted by molar-refractivity contribution is 6.34. The SMILES string of the molecule is O=C(Cn1ccc(=O)[nH]c1=O)Nc1cccc(Cl)c1N1CCOCC1. The summed E-state index contributed by atoms with van der Waals surface area (Å²) in [6.45, 7) is 2.30. The quantitative estimate of drug-likeness (QED) is 0.831. The van der Waals surface area contributed by atoms with Gasteiger partial charge in [0.2, 0.25) is 5.91 Å². The van der Waals surface area contributed by atoms with Crippen LogP contribution in [0.2, 0.25) is 5.02 Å². The van der Waals surface area contributed by atoms with E-state index in [1.165, 1.54) is 12.3 Å². The molecule has 2 heterocycles. The number of ether oxygens (including phenoxy) is 1. The van der Waals surface area contributed by atoms with Gasteiger partial charge >= 0.3 is 5.69 Å². The maximum Gasteiger partial charge on any atom is 0.328 e. The average molecular weight is 365 g/mol. The molecular weight excluding hydrogens is 348 g/mol. The molecule has 1 amide bonds. The van der Waals surface area contributed by atoms with Gasteiger partial charge in [0.1, 0.15) is 6.54 Å². The number of hydrogen-bond acceptors (Lipinski definition) is 5. The lowest BCUT2D eigenvalue weighted by molar-refractivity contribution is -0.116. The number of hydrogen-bond donors (Lipinski definition) is 2. The minimum Gasteiger partial charge on any atom is -0.378 e. The van der Waals surface area contributed by atoms with E-state index in [-0.39, 0.29) is 6.54 Å². The molecule has 25 heavy (non-hydrogen) atoms. The molecule has 1 aliphatic heterocycles. The van der Waals surface area contributed by atoms with Crippen molar-refractivity contribution in [2.75, 3.05) is 36.5 Å². The van der Waals surface area contributed by atoms with Crippen molar-refractivity contribution in [3.05, 3.63) is 56.3 Å². The first-order chi connectivity index (χ1) is 12.0. The number of para-hydroxylation sites is 1. The number of halogens is 1. The Labute approximate surface area is 148 Å². The number of benzene rings is 1. The second-order valence-electron chi connectivity index (χ2n) is 5.52. The van der Waals surface area contributed by atoms with E-state index < -0.39 is 17.2 Å². The van der Waals surface area contributed by atoms with Crippen molar-refractivity contribution >= 4 is 28.9 Å². The lowest BCUT2D eigenvalue weighted by Gasteiger charge is -2.31.